The summed E-state index contributed by atoms with van der Waals surface area (Å²) >= 11 is 3.41. The van der Waals surface area contributed by atoms with Crippen molar-refractivity contribution in [1.82, 2.24) is 9.38 Å². The van der Waals surface area contributed by atoms with Crippen LogP contribution in [0, 0.1) is 0 Å². The van der Waals surface area contributed by atoms with Gasteiger partial charge in [0.2, 0.25) is 0 Å². The molecule has 0 bridgehead atoms. The van der Waals surface area contributed by atoms with Crippen molar-refractivity contribution in [2.75, 3.05) is 5.32 Å². The minimum absolute atomic E-state index is 0.172. The Morgan fingerprint density at radius 1 is 1.23 bits per heavy atom. The van der Waals surface area contributed by atoms with Crippen molar-refractivity contribution in [3.63, 3.8) is 0 Å². The number of benzene rings is 1. The molecule has 1 fully saturated rings. The fourth-order valence-electron chi connectivity index (χ4n) is 2.61. The number of nitrogens with zero attached hydrogens (tertiary/aromatic N) is 2. The lowest BCUT2D eigenvalue weighted by Gasteiger charge is -2.04. The van der Waals surface area contributed by atoms with E-state index in [1.807, 2.05) is 53.1 Å². The fraction of sp³-hybridized carbons (Fsp3) is 0.176. The molecule has 0 saturated heterocycles. The average Bonchev–Trinajstić information content (AvgIpc) is 3.28. The van der Waals surface area contributed by atoms with Gasteiger partial charge in [-0.1, -0.05) is 28.1 Å². The molecular formula is C17H14BrN3O. The highest BCUT2D eigenvalue weighted by Gasteiger charge is 2.30. The van der Waals surface area contributed by atoms with Gasteiger partial charge < -0.3 is 9.72 Å². The molecule has 1 amide bonds. The molecule has 1 saturated carbocycles. The number of nitrogens with one attached hydrogen (secondary N) is 1. The number of fused-ring (bicyclic) bond motifs is 1. The molecule has 2 heterocycles. The topological polar surface area (TPSA) is 46.4 Å². The first-order chi connectivity index (χ1) is 10.7. The first-order valence-corrected chi connectivity index (χ1v) is 8.05. The molecule has 1 aromatic carbocycles. The molecule has 3 aromatic rings. The largest absolute Gasteiger partial charge is 0.321 e. The molecule has 110 valence electrons. The van der Waals surface area contributed by atoms with Gasteiger partial charge in [0.15, 0.2) is 5.69 Å². The predicted molar refractivity (Wildman–Crippen MR) is 89.3 cm³/mol. The number of aromatic nitrogens is 2. The van der Waals surface area contributed by atoms with E-state index in [1.54, 1.807) is 0 Å². The number of rotatable bonds is 3. The van der Waals surface area contributed by atoms with Gasteiger partial charge >= 0.3 is 0 Å². The van der Waals surface area contributed by atoms with Crippen molar-refractivity contribution in [2.45, 2.75) is 18.8 Å². The van der Waals surface area contributed by atoms with Crippen molar-refractivity contribution in [3.05, 3.63) is 64.7 Å². The van der Waals surface area contributed by atoms with Crippen LogP contribution in [0.25, 0.3) is 5.52 Å². The summed E-state index contributed by atoms with van der Waals surface area (Å²) in [5.74, 6) is 1.31. The third-order valence-corrected chi connectivity index (χ3v) is 4.31. The summed E-state index contributed by atoms with van der Waals surface area (Å²) in [5.41, 5.74) is 2.10. The zero-order valence-electron chi connectivity index (χ0n) is 11.8. The molecule has 22 heavy (non-hydrogen) atoms. The second-order valence-corrected chi connectivity index (χ2v) is 6.43. The highest BCUT2D eigenvalue weighted by atomic mass is 79.9. The van der Waals surface area contributed by atoms with E-state index >= 15 is 0 Å². The second-order valence-electron chi connectivity index (χ2n) is 5.51. The van der Waals surface area contributed by atoms with Gasteiger partial charge in [-0.3, -0.25) is 4.79 Å². The molecule has 0 radical (unpaired) electrons. The normalized spacial score (nSPS) is 14.2. The maximum absolute atomic E-state index is 12.6. The highest BCUT2D eigenvalue weighted by molar-refractivity contribution is 9.10. The molecule has 0 atom stereocenters. The van der Waals surface area contributed by atoms with Crippen molar-refractivity contribution < 1.29 is 4.79 Å². The minimum atomic E-state index is -0.172. The van der Waals surface area contributed by atoms with E-state index in [4.69, 9.17) is 0 Å². The summed E-state index contributed by atoms with van der Waals surface area (Å²) in [5, 5.41) is 2.92. The van der Waals surface area contributed by atoms with Gasteiger partial charge in [0.05, 0.1) is 5.52 Å². The zero-order valence-corrected chi connectivity index (χ0v) is 13.4. The number of pyridine rings is 1. The Balaban J connectivity index is 1.72. The van der Waals surface area contributed by atoms with Crippen LogP contribution in [0.4, 0.5) is 5.69 Å². The summed E-state index contributed by atoms with van der Waals surface area (Å²) in [6.45, 7) is 0. The van der Waals surface area contributed by atoms with E-state index in [1.165, 1.54) is 0 Å². The number of hydrogen-bond acceptors (Lipinski definition) is 2. The minimum Gasteiger partial charge on any atom is -0.321 e. The molecule has 1 aliphatic rings. The maximum Gasteiger partial charge on any atom is 0.276 e. The van der Waals surface area contributed by atoms with Gasteiger partial charge in [-0.05, 0) is 43.2 Å². The fourth-order valence-corrected chi connectivity index (χ4v) is 3.01. The lowest BCUT2D eigenvalue weighted by atomic mass is 10.3. The van der Waals surface area contributed by atoms with E-state index in [0.29, 0.717) is 11.6 Å². The highest BCUT2D eigenvalue weighted by Crippen LogP contribution is 2.40. The molecule has 0 unspecified atom stereocenters. The Morgan fingerprint density at radius 2 is 2.09 bits per heavy atom. The zero-order chi connectivity index (χ0) is 15.1. The number of anilines is 1. The van der Waals surface area contributed by atoms with Crippen LogP contribution in [0.3, 0.4) is 0 Å². The van der Waals surface area contributed by atoms with E-state index in [2.05, 4.69) is 26.2 Å². The van der Waals surface area contributed by atoms with E-state index in [0.717, 1.165) is 34.3 Å². The lowest BCUT2D eigenvalue weighted by molar-refractivity contribution is 0.102. The Hall–Kier alpha value is -2.14. The van der Waals surface area contributed by atoms with Crippen LogP contribution in [-0.2, 0) is 0 Å². The van der Waals surface area contributed by atoms with Crippen molar-refractivity contribution in [3.8, 4) is 0 Å². The van der Waals surface area contributed by atoms with Gasteiger partial charge in [-0.2, -0.15) is 0 Å². The molecule has 0 aliphatic heterocycles. The van der Waals surface area contributed by atoms with Crippen LogP contribution in [-0.4, -0.2) is 15.3 Å². The quantitative estimate of drug-likeness (QED) is 0.764. The van der Waals surface area contributed by atoms with Crippen molar-refractivity contribution >= 4 is 33.0 Å². The Morgan fingerprint density at radius 3 is 2.86 bits per heavy atom. The molecule has 4 nitrogen and oxygen atoms in total. The number of hydrogen-bond donors (Lipinski definition) is 1. The van der Waals surface area contributed by atoms with Crippen LogP contribution < -0.4 is 5.32 Å². The monoisotopic (exact) mass is 355 g/mol. The van der Waals surface area contributed by atoms with Gasteiger partial charge in [0.1, 0.15) is 5.82 Å². The summed E-state index contributed by atoms with van der Waals surface area (Å²) in [6.07, 6.45) is 4.28. The standard InChI is InChI=1S/C17H14BrN3O/c18-12-4-3-5-13(10-12)19-17(22)15-14-6-1-2-9-21(14)16(20-15)11-7-8-11/h1-6,9-11H,7-8H2,(H,19,22). The van der Waals surface area contributed by atoms with Crippen LogP contribution >= 0.6 is 15.9 Å². The van der Waals surface area contributed by atoms with Crippen LogP contribution in [0.5, 0.6) is 0 Å². The lowest BCUT2D eigenvalue weighted by Crippen LogP contribution is -2.12. The summed E-state index contributed by atoms with van der Waals surface area (Å²) in [6, 6.07) is 13.4. The van der Waals surface area contributed by atoms with E-state index in [-0.39, 0.29) is 5.91 Å². The molecule has 0 spiro atoms. The van der Waals surface area contributed by atoms with Crippen molar-refractivity contribution in [1.29, 1.82) is 0 Å². The maximum atomic E-state index is 12.6. The van der Waals surface area contributed by atoms with Gasteiger partial charge in [-0.15, -0.1) is 0 Å². The van der Waals surface area contributed by atoms with Crippen molar-refractivity contribution in [2.24, 2.45) is 0 Å². The predicted octanol–water partition coefficient (Wildman–Crippen LogP) is 4.23. The molecule has 5 heteroatoms. The van der Waals surface area contributed by atoms with E-state index in [9.17, 15) is 4.79 Å². The number of carbonyl (C=O) groups is 1. The van der Waals surface area contributed by atoms with Crippen LogP contribution in [0.15, 0.2) is 53.1 Å². The third kappa shape index (κ3) is 2.41. The summed E-state index contributed by atoms with van der Waals surface area (Å²) in [4.78, 5) is 17.2. The Bertz CT molecular complexity index is 867. The molecule has 1 aliphatic carbocycles. The molecule has 4 rings (SSSR count). The summed E-state index contributed by atoms with van der Waals surface area (Å²) in [7, 11) is 0. The SMILES string of the molecule is O=C(Nc1cccc(Br)c1)c1nc(C2CC2)n2ccccc12. The van der Waals surface area contributed by atoms with Gasteiger partial charge in [-0.25, -0.2) is 4.98 Å². The second kappa shape index (κ2) is 5.25. The Kier molecular flexibility index (Phi) is 3.22. The third-order valence-electron chi connectivity index (χ3n) is 3.82. The Labute approximate surface area is 136 Å². The number of halogens is 1. The number of carbonyl (C=O) groups excluding carboxylic acids is 1. The van der Waals surface area contributed by atoms with Gasteiger partial charge in [0, 0.05) is 22.3 Å². The summed E-state index contributed by atoms with van der Waals surface area (Å²) < 4.78 is 2.96. The van der Waals surface area contributed by atoms with Crippen LogP contribution in [0.1, 0.15) is 35.1 Å². The first-order valence-electron chi connectivity index (χ1n) is 7.26. The smallest absolute Gasteiger partial charge is 0.276 e. The number of imidazole rings is 1. The molecule has 2 aromatic heterocycles. The van der Waals surface area contributed by atoms with E-state index < -0.39 is 0 Å². The molecule has 1 N–H and O–H groups in total. The van der Waals surface area contributed by atoms with Crippen LogP contribution in [0.2, 0.25) is 0 Å². The average molecular weight is 356 g/mol. The van der Waals surface area contributed by atoms with Gasteiger partial charge in [0.25, 0.3) is 5.91 Å². The first kappa shape index (κ1) is 13.5. The number of amides is 1. The molecular weight excluding hydrogens is 342 g/mol.